The first-order valence-electron chi connectivity index (χ1n) is 7.65. The number of nitrogens with two attached hydrogens (primary N) is 1. The molecule has 1 aliphatic heterocycles. The summed E-state index contributed by atoms with van der Waals surface area (Å²) in [7, 11) is -16.2. The molecule has 0 amide bonds. The Bertz CT molecular complexity index is 1020. The Kier molecular flexibility index (Phi) is 7.89. The van der Waals surface area contributed by atoms with Gasteiger partial charge in [-0.15, -0.1) is 11.6 Å². The van der Waals surface area contributed by atoms with E-state index in [-0.39, 0.29) is 5.82 Å². The van der Waals surface area contributed by atoms with Gasteiger partial charge in [0.25, 0.3) is 0 Å². The van der Waals surface area contributed by atoms with Crippen molar-refractivity contribution in [3.8, 4) is 0 Å². The van der Waals surface area contributed by atoms with Crippen LogP contribution in [0, 0.1) is 0 Å². The van der Waals surface area contributed by atoms with E-state index in [1.165, 1.54) is 0 Å². The summed E-state index contributed by atoms with van der Waals surface area (Å²) >= 11 is 5.66. The van der Waals surface area contributed by atoms with Crippen LogP contribution in [0.1, 0.15) is 6.23 Å². The third kappa shape index (κ3) is 6.18. The van der Waals surface area contributed by atoms with E-state index < -0.39 is 59.3 Å². The molecule has 0 aromatic carbocycles. The molecule has 0 saturated carbocycles. The molecule has 0 bridgehead atoms. The van der Waals surface area contributed by atoms with Crippen LogP contribution in [0.5, 0.6) is 0 Å². The topological polar surface area (TPSA) is 239 Å². The van der Waals surface area contributed by atoms with Gasteiger partial charge < -0.3 is 30.3 Å². The number of phosphoric ester groups is 1. The predicted molar refractivity (Wildman–Crippen MR) is 97.1 cm³/mol. The Hall–Kier alpha value is -0.770. The van der Waals surface area contributed by atoms with Gasteiger partial charge in [-0.1, -0.05) is 0 Å². The third-order valence-electron chi connectivity index (χ3n) is 3.56. The van der Waals surface area contributed by atoms with Crippen LogP contribution in [0.25, 0.3) is 0 Å². The third-order valence-corrected chi connectivity index (χ3v) is 8.21. The van der Waals surface area contributed by atoms with Gasteiger partial charge in [0.05, 0.1) is 5.88 Å². The van der Waals surface area contributed by atoms with E-state index in [0.717, 1.165) is 12.3 Å². The van der Waals surface area contributed by atoms with Crippen LogP contribution >= 0.6 is 35.1 Å². The molecule has 178 valence electrons. The molecule has 2 rings (SSSR count). The number of nitrogens with zero attached hydrogens (tertiary/aromatic N) is 2. The van der Waals surface area contributed by atoms with Gasteiger partial charge in [0.15, 0.2) is 12.4 Å². The van der Waals surface area contributed by atoms with Crippen LogP contribution < -0.4 is 11.4 Å². The molecule has 1 fully saturated rings. The lowest BCUT2D eigenvalue weighted by Crippen LogP contribution is -2.46. The van der Waals surface area contributed by atoms with E-state index in [1.54, 1.807) is 0 Å². The largest absolute Gasteiger partial charge is 0.490 e. The van der Waals surface area contributed by atoms with E-state index in [2.05, 4.69) is 18.1 Å². The molecule has 1 aliphatic rings. The number of halogens is 2. The van der Waals surface area contributed by atoms with Gasteiger partial charge in [-0.25, -0.2) is 27.4 Å². The standard InChI is InChI=1S/C10H16ClFN3O13P3/c1-24-31(23,28-30(21,22)27-29(18,19)20)26-10(4-11)7(16)6(12)8(25-10)15-3-2-5(13)14-9(15)17/h2-3,6-8,16H,4H2,1H3,(H,21,22)(H2,13,14,17)(H2,18,19,20)/t6-,7+,8-,10+,31?/m1/s1. The summed E-state index contributed by atoms with van der Waals surface area (Å²) in [4.78, 5) is 41.9. The smallest absolute Gasteiger partial charge is 0.384 e. The van der Waals surface area contributed by atoms with E-state index >= 15 is 0 Å². The van der Waals surface area contributed by atoms with Crippen LogP contribution in [0.3, 0.4) is 0 Å². The number of aliphatic hydroxyl groups is 1. The molecular formula is C10H16ClFN3O13P3. The van der Waals surface area contributed by atoms with Crippen molar-refractivity contribution in [2.45, 2.75) is 24.3 Å². The van der Waals surface area contributed by atoms with E-state index in [0.29, 0.717) is 11.7 Å². The van der Waals surface area contributed by atoms with Gasteiger partial charge in [-0.3, -0.25) is 9.09 Å². The van der Waals surface area contributed by atoms with Crippen LogP contribution in [0.4, 0.5) is 10.2 Å². The molecule has 31 heavy (non-hydrogen) atoms. The number of phosphoric acid groups is 3. The zero-order valence-corrected chi connectivity index (χ0v) is 18.6. The minimum absolute atomic E-state index is 0.212. The summed E-state index contributed by atoms with van der Waals surface area (Å²) in [5.41, 5.74) is 4.22. The van der Waals surface area contributed by atoms with Crippen molar-refractivity contribution in [1.82, 2.24) is 9.55 Å². The van der Waals surface area contributed by atoms with Crippen LogP contribution in [-0.4, -0.2) is 60.4 Å². The number of aromatic nitrogens is 2. The highest BCUT2D eigenvalue weighted by molar-refractivity contribution is 7.66. The lowest BCUT2D eigenvalue weighted by Gasteiger charge is -2.32. The van der Waals surface area contributed by atoms with E-state index in [9.17, 15) is 32.9 Å². The first-order valence-corrected chi connectivity index (χ1v) is 12.7. The Morgan fingerprint density at radius 3 is 2.45 bits per heavy atom. The van der Waals surface area contributed by atoms with Crippen molar-refractivity contribution < 1.29 is 60.3 Å². The highest BCUT2D eigenvalue weighted by Crippen LogP contribution is 2.69. The molecule has 2 unspecified atom stereocenters. The van der Waals surface area contributed by atoms with Gasteiger partial charge in [0.1, 0.15) is 11.9 Å². The van der Waals surface area contributed by atoms with Gasteiger partial charge in [-0.05, 0) is 6.07 Å². The molecule has 2 heterocycles. The fourth-order valence-corrected chi connectivity index (χ4v) is 6.22. The van der Waals surface area contributed by atoms with E-state index in [4.69, 9.17) is 36.4 Å². The van der Waals surface area contributed by atoms with Crippen molar-refractivity contribution in [3.63, 3.8) is 0 Å². The lowest BCUT2D eigenvalue weighted by molar-refractivity contribution is -0.212. The molecule has 21 heteroatoms. The Morgan fingerprint density at radius 2 is 1.97 bits per heavy atom. The summed E-state index contributed by atoms with van der Waals surface area (Å²) < 4.78 is 72.1. The maximum absolute atomic E-state index is 14.7. The molecule has 6 atom stereocenters. The number of rotatable bonds is 9. The zero-order valence-electron chi connectivity index (χ0n) is 15.1. The number of ether oxygens (including phenoxy) is 1. The van der Waals surface area contributed by atoms with Crippen LogP contribution in [0.2, 0.25) is 0 Å². The van der Waals surface area contributed by atoms with Crippen molar-refractivity contribution in [2.24, 2.45) is 0 Å². The molecule has 0 spiro atoms. The summed E-state index contributed by atoms with van der Waals surface area (Å²) in [5.74, 6) is -4.02. The lowest BCUT2D eigenvalue weighted by atomic mass is 10.1. The number of hydrogen-bond acceptors (Lipinski definition) is 12. The van der Waals surface area contributed by atoms with Crippen molar-refractivity contribution in [2.75, 3.05) is 18.7 Å². The number of nitrogen functional groups attached to an aromatic ring is 1. The van der Waals surface area contributed by atoms with Crippen LogP contribution in [0.15, 0.2) is 17.1 Å². The molecule has 6 N–H and O–H groups in total. The second-order valence-electron chi connectivity index (χ2n) is 5.73. The summed E-state index contributed by atoms with van der Waals surface area (Å²) in [6, 6.07) is 1.09. The monoisotopic (exact) mass is 533 g/mol. The molecule has 16 nitrogen and oxygen atoms in total. The van der Waals surface area contributed by atoms with Gasteiger partial charge in [0, 0.05) is 13.3 Å². The van der Waals surface area contributed by atoms with Crippen molar-refractivity contribution in [1.29, 1.82) is 0 Å². The fraction of sp³-hybridized carbons (Fsp3) is 0.600. The minimum atomic E-state index is -5.80. The molecule has 1 aromatic heterocycles. The fourth-order valence-electron chi connectivity index (χ4n) is 2.33. The summed E-state index contributed by atoms with van der Waals surface area (Å²) in [6.45, 7) is 0. The number of hydrogen-bond donors (Lipinski definition) is 5. The highest BCUT2D eigenvalue weighted by atomic mass is 35.5. The summed E-state index contributed by atoms with van der Waals surface area (Å²) in [5, 5.41) is 10.2. The normalized spacial score (nSPS) is 30.6. The highest BCUT2D eigenvalue weighted by Gasteiger charge is 2.61. The van der Waals surface area contributed by atoms with Crippen molar-refractivity contribution in [3.05, 3.63) is 22.7 Å². The second-order valence-corrected chi connectivity index (χ2v) is 10.7. The number of anilines is 1. The predicted octanol–water partition coefficient (Wildman–Crippen LogP) is -0.0142. The maximum Gasteiger partial charge on any atom is 0.490 e. The molecule has 0 aliphatic carbocycles. The first-order chi connectivity index (χ1) is 14.1. The molecule has 0 radical (unpaired) electrons. The minimum Gasteiger partial charge on any atom is -0.384 e. The second kappa shape index (κ2) is 9.23. The maximum atomic E-state index is 14.7. The molecule has 1 saturated heterocycles. The van der Waals surface area contributed by atoms with Gasteiger partial charge >= 0.3 is 29.2 Å². The van der Waals surface area contributed by atoms with Gasteiger partial charge in [-0.2, -0.15) is 13.6 Å². The van der Waals surface area contributed by atoms with Crippen molar-refractivity contribution >= 4 is 40.9 Å². The first kappa shape index (κ1) is 26.5. The number of aliphatic hydroxyl groups excluding tert-OH is 1. The zero-order chi connectivity index (χ0) is 23.8. The van der Waals surface area contributed by atoms with Gasteiger partial charge in [0.2, 0.25) is 5.79 Å². The van der Waals surface area contributed by atoms with E-state index in [1.807, 2.05) is 0 Å². The Balaban J connectivity index is 2.37. The summed E-state index contributed by atoms with van der Waals surface area (Å²) in [6.07, 6.45) is -5.83. The molecular weight excluding hydrogens is 517 g/mol. The Morgan fingerprint density at radius 1 is 1.35 bits per heavy atom. The van der Waals surface area contributed by atoms with Crippen LogP contribution in [-0.2, 0) is 36.1 Å². The quantitative estimate of drug-likeness (QED) is 0.207. The Labute approximate surface area is 177 Å². The average molecular weight is 534 g/mol. The number of alkyl halides is 2. The SMILES string of the molecule is COP(=O)(O[C@]1(CCl)O[C@@H](n2ccc(N)nc2=O)[C@H](F)[C@@H]1O)OP(=O)(O)OP(=O)(O)O. The average Bonchev–Trinajstić information content (AvgIpc) is 2.84. The molecule has 1 aromatic rings.